The summed E-state index contributed by atoms with van der Waals surface area (Å²) in [5, 5.41) is 2.94. The molecule has 25 heavy (non-hydrogen) atoms. The number of piperazine rings is 1. The third kappa shape index (κ3) is 5.80. The summed E-state index contributed by atoms with van der Waals surface area (Å²) in [6, 6.07) is 6.95. The first-order chi connectivity index (χ1) is 11.8. The number of carbonyl (C=O) groups excluding carboxylic acids is 1. The lowest BCUT2D eigenvalue weighted by atomic mass is 10.1. The van der Waals surface area contributed by atoms with E-state index in [-0.39, 0.29) is 5.91 Å². The second-order valence-corrected chi connectivity index (χ2v) is 9.11. The second kappa shape index (κ2) is 8.78. The van der Waals surface area contributed by atoms with Gasteiger partial charge in [0.1, 0.15) is 0 Å². The molecule has 1 amide bonds. The summed E-state index contributed by atoms with van der Waals surface area (Å²) in [7, 11) is -3.43. The zero-order valence-electron chi connectivity index (χ0n) is 15.4. The van der Waals surface area contributed by atoms with E-state index in [1.807, 2.05) is 19.1 Å². The molecule has 1 heterocycles. The molecule has 0 aromatic heterocycles. The van der Waals surface area contributed by atoms with E-state index in [1.165, 1.54) is 4.31 Å². The molecule has 0 radical (unpaired) electrons. The monoisotopic (exact) mass is 368 g/mol. The van der Waals surface area contributed by atoms with Crippen LogP contribution in [0.1, 0.15) is 25.8 Å². The topological polar surface area (TPSA) is 70.9 Å². The Morgan fingerprint density at radius 3 is 2.36 bits per heavy atom. The van der Waals surface area contributed by atoms with Gasteiger partial charge in [0, 0.05) is 6.54 Å². The molecular weight excluding hydrogens is 338 g/mol. The molecule has 0 saturated carbocycles. The minimum Gasteiger partial charge on any atom is -0.351 e. The van der Waals surface area contributed by atoms with Gasteiger partial charge in [0.15, 0.2) is 6.54 Å². The Kier molecular flexibility index (Phi) is 6.98. The van der Waals surface area contributed by atoms with E-state index in [9.17, 15) is 13.2 Å². The van der Waals surface area contributed by atoms with Crippen molar-refractivity contribution >= 4 is 15.9 Å². The fourth-order valence-electron chi connectivity index (χ4n) is 2.87. The van der Waals surface area contributed by atoms with Crippen LogP contribution in [0.3, 0.4) is 0 Å². The van der Waals surface area contributed by atoms with Gasteiger partial charge in [-0.3, -0.25) is 4.79 Å². The van der Waals surface area contributed by atoms with Crippen LogP contribution in [0, 0.1) is 12.8 Å². The summed E-state index contributed by atoms with van der Waals surface area (Å²) < 4.78 is 26.9. The zero-order chi connectivity index (χ0) is 18.4. The molecule has 0 atom stereocenters. The van der Waals surface area contributed by atoms with Crippen LogP contribution in [0.4, 0.5) is 0 Å². The van der Waals surface area contributed by atoms with Crippen molar-refractivity contribution in [3.8, 4) is 0 Å². The lowest BCUT2D eigenvalue weighted by molar-refractivity contribution is -0.895. The van der Waals surface area contributed by atoms with Gasteiger partial charge >= 0.3 is 0 Å². The maximum Gasteiger partial charge on any atom is 0.275 e. The molecule has 0 unspecified atom stereocenters. The van der Waals surface area contributed by atoms with E-state index in [4.69, 9.17) is 0 Å². The maximum absolute atomic E-state index is 12.7. The molecule has 1 aromatic carbocycles. The van der Waals surface area contributed by atoms with E-state index in [1.54, 1.807) is 12.1 Å². The number of nitrogens with one attached hydrogen (secondary N) is 2. The van der Waals surface area contributed by atoms with Crippen molar-refractivity contribution in [2.24, 2.45) is 5.92 Å². The Hall–Kier alpha value is -1.44. The molecule has 6 nitrogen and oxygen atoms in total. The number of nitrogens with zero attached hydrogens (tertiary/aromatic N) is 1. The highest BCUT2D eigenvalue weighted by Crippen LogP contribution is 2.16. The average Bonchev–Trinajstić information content (AvgIpc) is 2.55. The van der Waals surface area contributed by atoms with E-state index in [2.05, 4.69) is 19.2 Å². The summed E-state index contributed by atoms with van der Waals surface area (Å²) in [6.45, 7) is 9.52. The molecule has 0 bridgehead atoms. The Morgan fingerprint density at radius 1 is 1.20 bits per heavy atom. The number of aryl methyl sites for hydroxylation is 1. The van der Waals surface area contributed by atoms with Crippen LogP contribution < -0.4 is 10.2 Å². The normalized spacial score (nSPS) is 17.0. The molecule has 140 valence electrons. The fraction of sp³-hybridized carbons (Fsp3) is 0.611. The predicted octanol–water partition coefficient (Wildman–Crippen LogP) is 0.0465. The molecular formula is C18H30N3O3S+. The number of sulfonamides is 1. The van der Waals surface area contributed by atoms with Crippen LogP contribution in [-0.4, -0.2) is 57.9 Å². The van der Waals surface area contributed by atoms with Gasteiger partial charge in [-0.1, -0.05) is 31.5 Å². The van der Waals surface area contributed by atoms with E-state index in [0.29, 0.717) is 50.1 Å². The van der Waals surface area contributed by atoms with E-state index < -0.39 is 10.0 Å². The number of benzene rings is 1. The van der Waals surface area contributed by atoms with Crippen LogP contribution in [0.5, 0.6) is 0 Å². The van der Waals surface area contributed by atoms with Gasteiger partial charge in [0.05, 0.1) is 31.1 Å². The van der Waals surface area contributed by atoms with Crippen LogP contribution in [0.2, 0.25) is 0 Å². The van der Waals surface area contributed by atoms with Crippen molar-refractivity contribution < 1.29 is 18.1 Å². The van der Waals surface area contributed by atoms with Crippen molar-refractivity contribution in [2.45, 2.75) is 32.1 Å². The summed E-state index contributed by atoms with van der Waals surface area (Å²) in [5.41, 5.74) is 1.04. The van der Waals surface area contributed by atoms with Gasteiger partial charge in [-0.15, -0.1) is 0 Å². The largest absolute Gasteiger partial charge is 0.351 e. The van der Waals surface area contributed by atoms with Crippen LogP contribution >= 0.6 is 0 Å². The van der Waals surface area contributed by atoms with E-state index >= 15 is 0 Å². The third-order valence-electron chi connectivity index (χ3n) is 4.54. The first kappa shape index (κ1) is 19.9. The molecule has 1 aromatic rings. The molecule has 2 N–H and O–H groups in total. The summed E-state index contributed by atoms with van der Waals surface area (Å²) >= 11 is 0. The lowest BCUT2D eigenvalue weighted by Gasteiger charge is -2.31. The number of amides is 1. The van der Waals surface area contributed by atoms with Gasteiger partial charge in [-0.2, -0.15) is 4.31 Å². The van der Waals surface area contributed by atoms with Crippen molar-refractivity contribution in [3.05, 3.63) is 29.8 Å². The molecule has 0 spiro atoms. The molecule has 1 fully saturated rings. The number of hydrogen-bond acceptors (Lipinski definition) is 3. The second-order valence-electron chi connectivity index (χ2n) is 7.18. The van der Waals surface area contributed by atoms with Crippen LogP contribution in [-0.2, 0) is 14.8 Å². The van der Waals surface area contributed by atoms with Crippen molar-refractivity contribution in [2.75, 3.05) is 39.3 Å². The first-order valence-corrected chi connectivity index (χ1v) is 10.4. The van der Waals surface area contributed by atoms with Gasteiger partial charge in [0.2, 0.25) is 10.0 Å². The predicted molar refractivity (Wildman–Crippen MR) is 98.0 cm³/mol. The maximum atomic E-state index is 12.7. The molecule has 7 heteroatoms. The van der Waals surface area contributed by atoms with Gasteiger partial charge < -0.3 is 10.2 Å². The quantitative estimate of drug-likeness (QED) is 0.714. The molecule has 2 rings (SSSR count). The number of hydrogen-bond donors (Lipinski definition) is 2. The van der Waals surface area contributed by atoms with Crippen molar-refractivity contribution in [1.29, 1.82) is 0 Å². The molecule has 1 aliphatic rings. The smallest absolute Gasteiger partial charge is 0.275 e. The van der Waals surface area contributed by atoms with Gasteiger partial charge in [0.25, 0.3) is 5.91 Å². The Balaban J connectivity index is 1.82. The zero-order valence-corrected chi connectivity index (χ0v) is 16.2. The van der Waals surface area contributed by atoms with Crippen molar-refractivity contribution in [1.82, 2.24) is 9.62 Å². The van der Waals surface area contributed by atoms with Gasteiger partial charge in [-0.25, -0.2) is 8.42 Å². The number of rotatable bonds is 7. The highest BCUT2D eigenvalue weighted by molar-refractivity contribution is 7.89. The Labute approximate surface area is 151 Å². The summed E-state index contributed by atoms with van der Waals surface area (Å²) in [4.78, 5) is 13.4. The average molecular weight is 369 g/mol. The lowest BCUT2D eigenvalue weighted by Crippen LogP contribution is -3.15. The number of carbonyl (C=O) groups is 1. The highest BCUT2D eigenvalue weighted by Gasteiger charge is 2.30. The highest BCUT2D eigenvalue weighted by atomic mass is 32.2. The minimum absolute atomic E-state index is 0.0468. The SMILES string of the molecule is Cc1ccc(S(=O)(=O)N2CC[NH+](CC(=O)NCCC(C)C)CC2)cc1. The summed E-state index contributed by atoms with van der Waals surface area (Å²) in [5.74, 6) is 0.619. The minimum atomic E-state index is -3.43. The number of quaternary nitrogens is 1. The summed E-state index contributed by atoms with van der Waals surface area (Å²) in [6.07, 6.45) is 0.976. The van der Waals surface area contributed by atoms with Crippen LogP contribution in [0.25, 0.3) is 0 Å². The fourth-order valence-corrected chi connectivity index (χ4v) is 4.31. The molecule has 1 aliphatic heterocycles. The standard InChI is InChI=1S/C18H29N3O3S/c1-15(2)8-9-19-18(22)14-20-10-12-21(13-11-20)25(23,24)17-6-4-16(3)5-7-17/h4-7,15H,8-14H2,1-3H3,(H,19,22)/p+1. The van der Waals surface area contributed by atoms with Crippen molar-refractivity contribution in [3.63, 3.8) is 0 Å². The first-order valence-electron chi connectivity index (χ1n) is 8.96. The Morgan fingerprint density at radius 2 is 1.80 bits per heavy atom. The van der Waals surface area contributed by atoms with Crippen LogP contribution in [0.15, 0.2) is 29.2 Å². The Bertz CT molecular complexity index is 663. The molecule has 1 saturated heterocycles. The molecule has 0 aliphatic carbocycles. The van der Waals surface area contributed by atoms with Gasteiger partial charge in [-0.05, 0) is 31.4 Å². The van der Waals surface area contributed by atoms with E-state index in [0.717, 1.165) is 16.9 Å². The third-order valence-corrected chi connectivity index (χ3v) is 6.46.